The number of carbonyl (C=O) groups is 1. The summed E-state index contributed by atoms with van der Waals surface area (Å²) in [6.45, 7) is 0. The SMILES string of the molecule is COc1ccc([N+](=O)[O-])c(C#CCC(=O)O)c1. The number of nitrogens with zero attached hydrogens (tertiary/aromatic N) is 1. The van der Waals surface area contributed by atoms with Crippen LogP contribution in [0.2, 0.25) is 0 Å². The van der Waals surface area contributed by atoms with Crippen LogP contribution in [0, 0.1) is 22.0 Å². The van der Waals surface area contributed by atoms with E-state index in [4.69, 9.17) is 9.84 Å². The van der Waals surface area contributed by atoms with Crippen molar-refractivity contribution in [2.45, 2.75) is 6.42 Å². The minimum Gasteiger partial charge on any atom is -0.497 e. The first kappa shape index (κ1) is 12.5. The maximum atomic E-state index is 10.7. The van der Waals surface area contributed by atoms with E-state index in [1.54, 1.807) is 0 Å². The summed E-state index contributed by atoms with van der Waals surface area (Å²) < 4.78 is 4.91. The van der Waals surface area contributed by atoms with Gasteiger partial charge in [-0.1, -0.05) is 11.8 Å². The second-order valence-electron chi connectivity index (χ2n) is 3.01. The fraction of sp³-hybridized carbons (Fsp3) is 0.182. The summed E-state index contributed by atoms with van der Waals surface area (Å²) >= 11 is 0. The minimum absolute atomic E-state index is 0.135. The highest BCUT2D eigenvalue weighted by atomic mass is 16.6. The lowest BCUT2D eigenvalue weighted by molar-refractivity contribution is -0.385. The molecule has 1 aromatic rings. The summed E-state index contributed by atoms with van der Waals surface area (Å²) in [5.41, 5.74) is -0.0423. The molecule has 0 heterocycles. The van der Waals surface area contributed by atoms with Crippen molar-refractivity contribution in [2.75, 3.05) is 7.11 Å². The van der Waals surface area contributed by atoms with Gasteiger partial charge in [-0.15, -0.1) is 0 Å². The number of hydrogen-bond donors (Lipinski definition) is 1. The molecule has 0 aliphatic rings. The highest BCUT2D eigenvalue weighted by Crippen LogP contribution is 2.22. The number of carboxylic acid groups (broad SMARTS) is 1. The van der Waals surface area contributed by atoms with Crippen molar-refractivity contribution in [3.8, 4) is 17.6 Å². The number of ether oxygens (including phenoxy) is 1. The van der Waals surface area contributed by atoms with Gasteiger partial charge in [0, 0.05) is 12.1 Å². The molecule has 1 N–H and O–H groups in total. The molecule has 0 radical (unpaired) electrons. The second-order valence-corrected chi connectivity index (χ2v) is 3.01. The zero-order valence-electron chi connectivity index (χ0n) is 8.97. The molecular formula is C11H9NO5. The van der Waals surface area contributed by atoms with Crippen LogP contribution in [0.3, 0.4) is 0 Å². The Morgan fingerprint density at radius 3 is 2.82 bits per heavy atom. The zero-order valence-corrected chi connectivity index (χ0v) is 8.97. The molecule has 0 saturated carbocycles. The standard InChI is InChI=1S/C11H9NO5/c1-17-9-5-6-10(12(15)16)8(7-9)3-2-4-11(13)14/h5-7H,4H2,1H3,(H,13,14). The van der Waals surface area contributed by atoms with Gasteiger partial charge < -0.3 is 9.84 Å². The second kappa shape index (κ2) is 5.51. The molecule has 1 aromatic carbocycles. The molecule has 0 aromatic heterocycles. The average molecular weight is 235 g/mol. The summed E-state index contributed by atoms with van der Waals surface area (Å²) in [4.78, 5) is 20.4. The molecule has 0 aliphatic heterocycles. The van der Waals surface area contributed by atoms with Crippen LogP contribution in [0.4, 0.5) is 5.69 Å². The van der Waals surface area contributed by atoms with Crippen LogP contribution in [0.25, 0.3) is 0 Å². The molecular weight excluding hydrogens is 226 g/mol. The van der Waals surface area contributed by atoms with Crippen LogP contribution in [-0.2, 0) is 4.79 Å². The summed E-state index contributed by atoms with van der Waals surface area (Å²) in [5, 5.41) is 19.1. The van der Waals surface area contributed by atoms with Gasteiger partial charge >= 0.3 is 5.97 Å². The quantitative estimate of drug-likeness (QED) is 0.486. The smallest absolute Gasteiger partial charge is 0.315 e. The van der Waals surface area contributed by atoms with E-state index in [1.807, 2.05) is 0 Å². The number of hydrogen-bond acceptors (Lipinski definition) is 4. The van der Waals surface area contributed by atoms with Crippen molar-refractivity contribution in [3.63, 3.8) is 0 Å². The van der Waals surface area contributed by atoms with Gasteiger partial charge in [-0.3, -0.25) is 14.9 Å². The summed E-state index contributed by atoms with van der Waals surface area (Å²) in [6, 6.07) is 4.11. The summed E-state index contributed by atoms with van der Waals surface area (Å²) in [5.74, 6) is 4.13. The summed E-state index contributed by atoms with van der Waals surface area (Å²) in [6.07, 6.45) is -0.367. The Morgan fingerprint density at radius 2 is 2.29 bits per heavy atom. The lowest BCUT2D eigenvalue weighted by Crippen LogP contribution is -1.94. The van der Waals surface area contributed by atoms with E-state index in [-0.39, 0.29) is 17.7 Å². The Balaban J connectivity index is 3.12. The lowest BCUT2D eigenvalue weighted by Gasteiger charge is -2.00. The van der Waals surface area contributed by atoms with Gasteiger partial charge in [0.25, 0.3) is 5.69 Å². The van der Waals surface area contributed by atoms with Crippen LogP contribution in [0.15, 0.2) is 18.2 Å². The maximum Gasteiger partial charge on any atom is 0.315 e. The van der Waals surface area contributed by atoms with Gasteiger partial charge in [-0.05, 0) is 6.07 Å². The molecule has 0 amide bonds. The summed E-state index contributed by atoms with van der Waals surface area (Å²) in [7, 11) is 1.43. The van der Waals surface area contributed by atoms with Crippen LogP contribution < -0.4 is 4.74 Å². The Kier molecular flexibility index (Phi) is 4.06. The fourth-order valence-corrected chi connectivity index (χ4v) is 1.12. The Labute approximate surface area is 97.0 Å². The topological polar surface area (TPSA) is 89.7 Å². The lowest BCUT2D eigenvalue weighted by atomic mass is 10.1. The Morgan fingerprint density at radius 1 is 1.59 bits per heavy atom. The number of aliphatic carboxylic acids is 1. The van der Waals surface area contributed by atoms with Crippen LogP contribution in [0.1, 0.15) is 12.0 Å². The fourth-order valence-electron chi connectivity index (χ4n) is 1.12. The number of rotatable bonds is 3. The number of nitro groups is 1. The predicted octanol–water partition coefficient (Wildman–Crippen LogP) is 1.43. The van der Waals surface area contributed by atoms with Crippen molar-refractivity contribution < 1.29 is 19.6 Å². The first-order chi connectivity index (χ1) is 8.04. The molecule has 17 heavy (non-hydrogen) atoms. The minimum atomic E-state index is -1.08. The van der Waals surface area contributed by atoms with Crippen molar-refractivity contribution in [2.24, 2.45) is 0 Å². The third-order valence-electron chi connectivity index (χ3n) is 1.86. The van der Waals surface area contributed by atoms with E-state index >= 15 is 0 Å². The van der Waals surface area contributed by atoms with Crippen molar-refractivity contribution in [1.82, 2.24) is 0 Å². The van der Waals surface area contributed by atoms with Gasteiger partial charge in [-0.25, -0.2) is 0 Å². The van der Waals surface area contributed by atoms with Crippen LogP contribution in [-0.4, -0.2) is 23.1 Å². The van der Waals surface area contributed by atoms with Crippen molar-refractivity contribution >= 4 is 11.7 Å². The molecule has 0 atom stereocenters. The predicted molar refractivity (Wildman–Crippen MR) is 58.8 cm³/mol. The highest BCUT2D eigenvalue weighted by Gasteiger charge is 2.12. The number of methoxy groups -OCH3 is 1. The van der Waals surface area contributed by atoms with Gasteiger partial charge in [0.2, 0.25) is 0 Å². The Hall–Kier alpha value is -2.55. The largest absolute Gasteiger partial charge is 0.497 e. The van der Waals surface area contributed by atoms with E-state index in [2.05, 4.69) is 11.8 Å². The molecule has 0 fully saturated rings. The number of carboxylic acids is 1. The van der Waals surface area contributed by atoms with Gasteiger partial charge in [0.05, 0.1) is 12.0 Å². The molecule has 88 valence electrons. The number of benzene rings is 1. The average Bonchev–Trinajstić information content (AvgIpc) is 2.28. The van der Waals surface area contributed by atoms with Crippen molar-refractivity contribution in [1.29, 1.82) is 0 Å². The monoisotopic (exact) mass is 235 g/mol. The maximum absolute atomic E-state index is 10.7. The first-order valence-corrected chi connectivity index (χ1v) is 4.57. The molecule has 1 rings (SSSR count). The van der Waals surface area contributed by atoms with E-state index in [9.17, 15) is 14.9 Å². The molecule has 0 bridgehead atoms. The van der Waals surface area contributed by atoms with Gasteiger partial charge in [0.1, 0.15) is 17.7 Å². The molecule has 0 spiro atoms. The molecule has 6 nitrogen and oxygen atoms in total. The van der Waals surface area contributed by atoms with E-state index < -0.39 is 10.9 Å². The third-order valence-corrected chi connectivity index (χ3v) is 1.86. The molecule has 0 unspecified atom stereocenters. The first-order valence-electron chi connectivity index (χ1n) is 4.57. The van der Waals surface area contributed by atoms with Crippen LogP contribution >= 0.6 is 0 Å². The van der Waals surface area contributed by atoms with Crippen molar-refractivity contribution in [3.05, 3.63) is 33.9 Å². The highest BCUT2D eigenvalue weighted by molar-refractivity contribution is 5.70. The number of nitro benzene ring substituents is 1. The van der Waals surface area contributed by atoms with E-state index in [0.717, 1.165) is 0 Å². The normalized spacial score (nSPS) is 9.00. The molecule has 0 aliphatic carbocycles. The Bertz CT molecular complexity index is 512. The molecule has 0 saturated heterocycles. The zero-order chi connectivity index (χ0) is 12.8. The van der Waals surface area contributed by atoms with E-state index in [1.165, 1.54) is 25.3 Å². The van der Waals surface area contributed by atoms with Gasteiger partial charge in [0.15, 0.2) is 0 Å². The van der Waals surface area contributed by atoms with Gasteiger partial charge in [-0.2, -0.15) is 0 Å². The van der Waals surface area contributed by atoms with E-state index in [0.29, 0.717) is 5.75 Å². The molecule has 6 heteroatoms. The van der Waals surface area contributed by atoms with Crippen LogP contribution in [0.5, 0.6) is 5.75 Å². The third kappa shape index (κ3) is 3.50.